The number of nitrogens with zero attached hydrogens (tertiary/aromatic N) is 2. The molecule has 5 heteroatoms. The number of hydrogen-bond acceptors (Lipinski definition) is 4. The van der Waals surface area contributed by atoms with Crippen LogP contribution in [0.1, 0.15) is 50.7 Å². The topological polar surface area (TPSA) is 53.0 Å². The molecule has 1 unspecified atom stereocenters. The number of benzene rings is 1. The first-order valence-corrected chi connectivity index (χ1v) is 9.71. The Morgan fingerprint density at radius 2 is 1.85 bits per heavy atom. The van der Waals surface area contributed by atoms with E-state index in [1.54, 1.807) is 4.90 Å². The van der Waals surface area contributed by atoms with Crippen LogP contribution in [0.5, 0.6) is 0 Å². The van der Waals surface area contributed by atoms with E-state index in [1.807, 2.05) is 20.9 Å². The highest BCUT2D eigenvalue weighted by atomic mass is 16.6. The Balaban J connectivity index is 1.52. The molecule has 2 heterocycles. The molecule has 0 radical (unpaired) electrons. The van der Waals surface area contributed by atoms with Crippen LogP contribution in [0.15, 0.2) is 24.3 Å². The van der Waals surface area contributed by atoms with Gasteiger partial charge in [-0.3, -0.25) is 4.90 Å². The molecule has 2 fully saturated rings. The lowest BCUT2D eigenvalue weighted by Crippen LogP contribution is -2.35. The van der Waals surface area contributed by atoms with E-state index in [1.165, 1.54) is 11.1 Å². The molecule has 2 saturated heterocycles. The first kappa shape index (κ1) is 19.2. The van der Waals surface area contributed by atoms with E-state index in [0.29, 0.717) is 0 Å². The number of likely N-dealkylation sites (tertiary alicyclic amines) is 1. The van der Waals surface area contributed by atoms with Gasteiger partial charge in [0.1, 0.15) is 5.60 Å². The van der Waals surface area contributed by atoms with Gasteiger partial charge in [0.15, 0.2) is 0 Å². The maximum Gasteiger partial charge on any atom is 0.410 e. The minimum Gasteiger partial charge on any atom is -0.441 e. The van der Waals surface area contributed by atoms with Gasteiger partial charge in [0, 0.05) is 26.6 Å². The summed E-state index contributed by atoms with van der Waals surface area (Å²) in [7, 11) is 1.82. The lowest BCUT2D eigenvalue weighted by molar-refractivity contribution is 0.0443. The van der Waals surface area contributed by atoms with E-state index in [4.69, 9.17) is 4.74 Å². The number of ether oxygens (including phenoxy) is 1. The molecule has 1 aromatic rings. The molecule has 0 aromatic heterocycles. The highest BCUT2D eigenvalue weighted by Crippen LogP contribution is 2.32. The van der Waals surface area contributed by atoms with Crippen molar-refractivity contribution in [1.29, 1.82) is 0 Å². The van der Waals surface area contributed by atoms with Crippen LogP contribution in [0, 0.1) is 0 Å². The Bertz CT molecular complexity index is 623. The number of carbonyl (C=O) groups is 1. The second kappa shape index (κ2) is 7.57. The monoisotopic (exact) mass is 360 g/mol. The average Bonchev–Trinajstić information content (AvgIpc) is 2.73. The number of amides is 1. The maximum absolute atomic E-state index is 11.8. The van der Waals surface area contributed by atoms with E-state index in [2.05, 4.69) is 29.2 Å². The molecule has 2 aliphatic heterocycles. The van der Waals surface area contributed by atoms with Crippen molar-refractivity contribution in [2.24, 2.45) is 0 Å². The molecule has 1 N–H and O–H groups in total. The van der Waals surface area contributed by atoms with Crippen molar-refractivity contribution in [1.82, 2.24) is 9.80 Å². The van der Waals surface area contributed by atoms with Crippen molar-refractivity contribution >= 4 is 6.09 Å². The molecule has 0 bridgehead atoms. The Labute approximate surface area is 156 Å². The smallest absolute Gasteiger partial charge is 0.410 e. The molecule has 0 saturated carbocycles. The van der Waals surface area contributed by atoms with E-state index < -0.39 is 5.60 Å². The van der Waals surface area contributed by atoms with Crippen LogP contribution in [-0.2, 0) is 17.7 Å². The van der Waals surface area contributed by atoms with Gasteiger partial charge >= 0.3 is 6.09 Å². The quantitative estimate of drug-likeness (QED) is 0.876. The molecule has 1 amide bonds. The van der Waals surface area contributed by atoms with Gasteiger partial charge in [-0.2, -0.15) is 0 Å². The van der Waals surface area contributed by atoms with Gasteiger partial charge in [0.2, 0.25) is 0 Å². The zero-order valence-corrected chi connectivity index (χ0v) is 16.3. The molecule has 0 aliphatic carbocycles. The largest absolute Gasteiger partial charge is 0.441 e. The van der Waals surface area contributed by atoms with E-state index >= 15 is 0 Å². The summed E-state index contributed by atoms with van der Waals surface area (Å²) in [5.41, 5.74) is 1.69. The van der Waals surface area contributed by atoms with Crippen molar-refractivity contribution in [3.63, 3.8) is 0 Å². The van der Waals surface area contributed by atoms with Crippen molar-refractivity contribution < 1.29 is 14.6 Å². The van der Waals surface area contributed by atoms with Gasteiger partial charge in [0.05, 0.1) is 12.1 Å². The van der Waals surface area contributed by atoms with Crippen LogP contribution in [0.2, 0.25) is 0 Å². The second-order valence-electron chi connectivity index (χ2n) is 8.67. The molecule has 26 heavy (non-hydrogen) atoms. The van der Waals surface area contributed by atoms with Crippen LogP contribution >= 0.6 is 0 Å². The predicted octanol–water partition coefficient (Wildman–Crippen LogP) is 3.20. The fourth-order valence-electron chi connectivity index (χ4n) is 3.95. The molecule has 2 aliphatic rings. The molecular weight excluding hydrogens is 328 g/mol. The number of likely N-dealkylation sites (N-methyl/N-ethyl adjacent to an activating group) is 1. The van der Waals surface area contributed by atoms with Gasteiger partial charge in [0.25, 0.3) is 0 Å². The number of carbonyl (C=O) groups excluding carboxylic acids is 1. The lowest BCUT2D eigenvalue weighted by atomic mass is 9.95. The Hall–Kier alpha value is -1.59. The summed E-state index contributed by atoms with van der Waals surface area (Å²) in [5.74, 6) is 0. The molecule has 1 atom stereocenters. The van der Waals surface area contributed by atoms with Gasteiger partial charge in [-0.05, 0) is 57.2 Å². The van der Waals surface area contributed by atoms with Crippen LogP contribution < -0.4 is 0 Å². The first-order valence-electron chi connectivity index (χ1n) is 9.71. The lowest BCUT2D eigenvalue weighted by Gasteiger charge is -2.25. The molecule has 5 nitrogen and oxygen atoms in total. The first-order chi connectivity index (χ1) is 12.2. The minimum absolute atomic E-state index is 0.180. The van der Waals surface area contributed by atoms with Gasteiger partial charge in [-0.25, -0.2) is 4.79 Å². The number of rotatable bonds is 5. The number of aryl methyl sites for hydroxylation is 1. The predicted molar refractivity (Wildman–Crippen MR) is 102 cm³/mol. The highest BCUT2D eigenvalue weighted by Gasteiger charge is 2.44. The van der Waals surface area contributed by atoms with E-state index in [9.17, 15) is 9.90 Å². The van der Waals surface area contributed by atoms with E-state index in [-0.39, 0.29) is 11.7 Å². The van der Waals surface area contributed by atoms with Gasteiger partial charge in [-0.1, -0.05) is 24.3 Å². The number of hydrogen-bond donors (Lipinski definition) is 1. The molecule has 1 aromatic carbocycles. The summed E-state index contributed by atoms with van der Waals surface area (Å²) in [4.78, 5) is 15.9. The van der Waals surface area contributed by atoms with Crippen LogP contribution in [0.4, 0.5) is 4.79 Å². The van der Waals surface area contributed by atoms with E-state index in [0.717, 1.165) is 58.3 Å². The Morgan fingerprint density at radius 3 is 2.46 bits per heavy atom. The summed E-state index contributed by atoms with van der Waals surface area (Å²) in [6, 6.07) is 8.75. The molecule has 144 valence electrons. The Morgan fingerprint density at radius 1 is 1.15 bits per heavy atom. The third-order valence-electron chi connectivity index (χ3n) is 5.59. The summed E-state index contributed by atoms with van der Waals surface area (Å²) < 4.78 is 5.69. The third kappa shape index (κ3) is 4.98. The van der Waals surface area contributed by atoms with Gasteiger partial charge in [-0.15, -0.1) is 0 Å². The zero-order chi connectivity index (χ0) is 18.8. The van der Waals surface area contributed by atoms with Crippen molar-refractivity contribution in [2.45, 2.75) is 63.7 Å². The van der Waals surface area contributed by atoms with Crippen LogP contribution in [-0.4, -0.2) is 58.9 Å². The Kier molecular flexibility index (Phi) is 5.58. The average molecular weight is 360 g/mol. The summed E-state index contributed by atoms with van der Waals surface area (Å²) in [5, 5.41) is 9.86. The summed E-state index contributed by atoms with van der Waals surface area (Å²) in [6.07, 6.45) is 4.41. The minimum atomic E-state index is -0.613. The summed E-state index contributed by atoms with van der Waals surface area (Å²) >= 11 is 0. The third-order valence-corrected chi connectivity index (χ3v) is 5.59. The standard InChI is InChI=1S/C21H32N2O3/c1-20(2,25)11-9-17-5-7-18(8-6-17)15-23-13-4-10-21(12-14-23)16-22(3)19(24)26-21/h5-8,25H,4,9-16H2,1-3H3. The van der Waals surface area contributed by atoms with Crippen molar-refractivity contribution in [2.75, 3.05) is 26.7 Å². The van der Waals surface area contributed by atoms with Gasteiger partial charge < -0.3 is 14.7 Å². The number of aliphatic hydroxyl groups is 1. The van der Waals surface area contributed by atoms with Crippen LogP contribution in [0.25, 0.3) is 0 Å². The highest BCUT2D eigenvalue weighted by molar-refractivity contribution is 5.70. The molecule has 1 spiro atoms. The van der Waals surface area contributed by atoms with Crippen molar-refractivity contribution in [3.05, 3.63) is 35.4 Å². The zero-order valence-electron chi connectivity index (χ0n) is 16.3. The molecular formula is C21H32N2O3. The summed E-state index contributed by atoms with van der Waals surface area (Å²) in [6.45, 7) is 7.37. The molecule has 3 rings (SSSR count). The normalized spacial score (nSPS) is 24.8. The van der Waals surface area contributed by atoms with Crippen LogP contribution in [0.3, 0.4) is 0 Å². The fraction of sp³-hybridized carbons (Fsp3) is 0.667. The van der Waals surface area contributed by atoms with Crippen molar-refractivity contribution in [3.8, 4) is 0 Å². The second-order valence-corrected chi connectivity index (χ2v) is 8.67. The SMILES string of the molecule is CN1CC2(CCCN(Cc3ccc(CCC(C)(C)O)cc3)CC2)OC1=O. The maximum atomic E-state index is 11.8. The fourth-order valence-corrected chi connectivity index (χ4v) is 3.95.